The molecule has 1 unspecified atom stereocenters. The van der Waals surface area contributed by atoms with Gasteiger partial charge >= 0.3 is 0 Å². The maximum atomic E-state index is 11.2. The van der Waals surface area contributed by atoms with E-state index in [0.29, 0.717) is 10.9 Å². The molecule has 13 heteroatoms. The summed E-state index contributed by atoms with van der Waals surface area (Å²) in [7, 11) is -7.59. The van der Waals surface area contributed by atoms with Crippen molar-refractivity contribution in [1.82, 2.24) is 15.3 Å². The van der Waals surface area contributed by atoms with Crippen molar-refractivity contribution in [3.8, 4) is 0 Å². The number of hydrogen-bond acceptors (Lipinski definition) is 8. The minimum absolute atomic E-state index is 0.138. The van der Waals surface area contributed by atoms with Crippen LogP contribution in [0.2, 0.25) is 0 Å². The smallest absolute Gasteiger partial charge is 0.264 e. The van der Waals surface area contributed by atoms with Gasteiger partial charge in [-0.25, -0.2) is 18.7 Å². The van der Waals surface area contributed by atoms with Crippen molar-refractivity contribution >= 4 is 42.8 Å². The van der Waals surface area contributed by atoms with Crippen molar-refractivity contribution in [2.45, 2.75) is 11.8 Å². The van der Waals surface area contributed by atoms with Gasteiger partial charge in [0, 0.05) is 12.2 Å². The number of nitrogen functional groups attached to an aromatic ring is 1. The van der Waals surface area contributed by atoms with Crippen LogP contribution in [0.15, 0.2) is 29.4 Å². The van der Waals surface area contributed by atoms with Gasteiger partial charge in [0.1, 0.15) is 5.37 Å². The minimum Gasteiger partial charge on any atom is -0.399 e. The molecule has 25 heavy (non-hydrogen) atoms. The quantitative estimate of drug-likeness (QED) is 0.275. The molecular weight excluding hydrogens is 390 g/mol. The molecule has 2 rings (SSSR count). The van der Waals surface area contributed by atoms with Gasteiger partial charge < -0.3 is 5.73 Å². The van der Waals surface area contributed by atoms with Crippen LogP contribution in [-0.4, -0.2) is 50.1 Å². The summed E-state index contributed by atoms with van der Waals surface area (Å²) in [6.45, 7) is 0.211. The third-order valence-corrected chi connectivity index (χ3v) is 5.42. The molecule has 5 N–H and O–H groups in total. The number of nitrogens with one attached hydrogen (secondary N) is 2. The first-order valence-electron chi connectivity index (χ1n) is 7.09. The predicted octanol–water partition coefficient (Wildman–Crippen LogP) is -0.0811. The number of nitrogens with zero attached hydrogens (tertiary/aromatic N) is 2. The van der Waals surface area contributed by atoms with Gasteiger partial charge in [0.2, 0.25) is 10.0 Å². The van der Waals surface area contributed by atoms with Gasteiger partial charge in [-0.2, -0.15) is 8.42 Å². The zero-order valence-electron chi connectivity index (χ0n) is 13.3. The largest absolute Gasteiger partial charge is 0.399 e. The third kappa shape index (κ3) is 6.70. The minimum atomic E-state index is -4.07. The lowest BCUT2D eigenvalue weighted by Gasteiger charge is -2.18. The highest BCUT2D eigenvalue weighted by Crippen LogP contribution is 2.34. The molecule has 10 nitrogen and oxygen atoms in total. The van der Waals surface area contributed by atoms with Gasteiger partial charge in [-0.05, 0) is 24.1 Å². The Morgan fingerprint density at radius 3 is 2.52 bits per heavy atom. The topological polar surface area (TPSA) is 154 Å². The number of amidine groups is 1. The van der Waals surface area contributed by atoms with Crippen LogP contribution in [-0.2, 0) is 20.1 Å². The number of thioether (sulfide) groups is 1. The zero-order chi connectivity index (χ0) is 18.7. The van der Waals surface area contributed by atoms with Gasteiger partial charge in [-0.15, -0.1) is 5.10 Å². The first-order valence-corrected chi connectivity index (χ1v) is 11.5. The average molecular weight is 410 g/mol. The number of anilines is 1. The Labute approximate surface area is 150 Å². The number of nitrogens with two attached hydrogens (primary N) is 1. The summed E-state index contributed by atoms with van der Waals surface area (Å²) >= 11 is 1.26. The maximum Gasteiger partial charge on any atom is 0.264 e. The van der Waals surface area contributed by atoms with Gasteiger partial charge in [0.05, 0.1) is 12.0 Å². The second-order valence-corrected chi connectivity index (χ2v) is 9.71. The molecule has 0 aromatic heterocycles. The number of rotatable bonds is 7. The normalized spacial score (nSPS) is 20.2. The molecule has 0 saturated carbocycles. The van der Waals surface area contributed by atoms with E-state index in [2.05, 4.69) is 15.4 Å². The molecule has 1 aliphatic rings. The van der Waals surface area contributed by atoms with E-state index < -0.39 is 25.9 Å². The summed E-state index contributed by atoms with van der Waals surface area (Å²) in [5, 5.41) is 5.48. The highest BCUT2D eigenvalue weighted by Gasteiger charge is 2.30. The van der Waals surface area contributed by atoms with E-state index in [1.807, 2.05) is 12.1 Å². The van der Waals surface area contributed by atoms with E-state index in [0.717, 1.165) is 11.8 Å². The summed E-state index contributed by atoms with van der Waals surface area (Å²) in [5.74, 6) is -0.408. The van der Waals surface area contributed by atoms with Gasteiger partial charge in [-0.1, -0.05) is 23.9 Å². The summed E-state index contributed by atoms with van der Waals surface area (Å²) in [6, 6.07) is 7.13. The lowest BCUT2D eigenvalue weighted by atomic mass is 10.2. The van der Waals surface area contributed by atoms with E-state index >= 15 is 0 Å². The van der Waals surface area contributed by atoms with Crippen LogP contribution in [0.4, 0.5) is 5.69 Å². The highest BCUT2D eigenvalue weighted by atomic mass is 32.2. The zero-order valence-corrected chi connectivity index (χ0v) is 15.7. The second kappa shape index (κ2) is 7.78. The van der Waals surface area contributed by atoms with Crippen molar-refractivity contribution in [1.29, 1.82) is 0 Å². The molecule has 0 aliphatic carbocycles. The summed E-state index contributed by atoms with van der Waals surface area (Å²) < 4.78 is 53.0. The van der Waals surface area contributed by atoms with E-state index in [9.17, 15) is 16.8 Å². The fraction of sp³-hybridized carbons (Fsp3) is 0.417. The Hall–Kier alpha value is -1.54. The van der Waals surface area contributed by atoms with Crippen LogP contribution in [0.25, 0.3) is 0 Å². The number of sulfonamides is 1. The van der Waals surface area contributed by atoms with Gasteiger partial charge in [-0.3, -0.25) is 9.56 Å². The molecule has 1 atom stereocenters. The van der Waals surface area contributed by atoms with Crippen molar-refractivity contribution in [3.63, 3.8) is 0 Å². The number of hydrazone groups is 1. The predicted molar refractivity (Wildman–Crippen MR) is 97.5 cm³/mol. The molecule has 1 fully saturated rings. The first kappa shape index (κ1) is 19.8. The summed E-state index contributed by atoms with van der Waals surface area (Å²) in [4.78, 5) is 2.05. The average Bonchev–Trinajstić information content (AvgIpc) is 2.87. The lowest BCUT2D eigenvalue weighted by Crippen LogP contribution is -2.37. The third-order valence-electron chi connectivity index (χ3n) is 3.06. The van der Waals surface area contributed by atoms with Crippen LogP contribution in [0.3, 0.4) is 0 Å². The fourth-order valence-corrected chi connectivity index (χ4v) is 3.84. The molecule has 0 radical (unpaired) electrons. The summed E-state index contributed by atoms with van der Waals surface area (Å²) in [6.07, 6.45) is 1.11. The second-order valence-electron chi connectivity index (χ2n) is 5.34. The molecule has 0 amide bonds. The Morgan fingerprint density at radius 1 is 1.32 bits per heavy atom. The van der Waals surface area contributed by atoms with Crippen molar-refractivity contribution in [3.05, 3.63) is 29.8 Å². The van der Waals surface area contributed by atoms with Crippen LogP contribution in [0, 0.1) is 0 Å². The molecule has 1 saturated heterocycles. The van der Waals surface area contributed by atoms with Gasteiger partial charge in [0.15, 0.2) is 5.17 Å². The van der Waals surface area contributed by atoms with Crippen LogP contribution >= 0.6 is 11.8 Å². The maximum absolute atomic E-state index is 11.2. The fourth-order valence-electron chi connectivity index (χ4n) is 1.98. The lowest BCUT2D eigenvalue weighted by molar-refractivity contribution is 0.316. The molecule has 140 valence electrons. The van der Waals surface area contributed by atoms with Crippen molar-refractivity contribution < 1.29 is 21.4 Å². The molecule has 0 spiro atoms. The summed E-state index contributed by atoms with van der Waals surface area (Å²) in [5.41, 5.74) is 10.3. The number of benzene rings is 1. The standard InChI is InChI=1S/C12H19N5O5S3/c1-24(18,19)16-14-12-17(7-2-8-25(20,21)22)15-11(23-12)9-3-5-10(13)6-4-9/h3-6,11,15-16H,2,7-8,13H2,1H3,(H,20,21,22). The molecule has 1 aliphatic heterocycles. The SMILES string of the molecule is CS(=O)(=O)NN=C1SC(c2ccc(N)cc2)NN1CCCS(=O)(=O)O. The van der Waals surface area contributed by atoms with Crippen molar-refractivity contribution in [2.75, 3.05) is 24.3 Å². The molecular formula is C12H19N5O5S3. The van der Waals surface area contributed by atoms with Crippen LogP contribution in [0.5, 0.6) is 0 Å². The Morgan fingerprint density at radius 2 is 1.96 bits per heavy atom. The monoisotopic (exact) mass is 409 g/mol. The molecule has 1 aromatic carbocycles. The Bertz CT molecular complexity index is 838. The first-order chi connectivity index (χ1) is 11.5. The number of hydrogen-bond donors (Lipinski definition) is 4. The van der Waals surface area contributed by atoms with E-state index in [1.165, 1.54) is 16.8 Å². The highest BCUT2D eigenvalue weighted by molar-refractivity contribution is 8.14. The van der Waals surface area contributed by atoms with Crippen LogP contribution < -0.4 is 16.0 Å². The van der Waals surface area contributed by atoms with E-state index in [1.54, 1.807) is 12.1 Å². The Balaban J connectivity index is 2.13. The van der Waals surface area contributed by atoms with E-state index in [-0.39, 0.29) is 18.3 Å². The molecule has 1 heterocycles. The van der Waals surface area contributed by atoms with E-state index in [4.69, 9.17) is 10.3 Å². The Kier molecular flexibility index (Phi) is 6.16. The number of hydrazine groups is 1. The molecule has 0 bridgehead atoms. The van der Waals surface area contributed by atoms with Crippen molar-refractivity contribution in [2.24, 2.45) is 5.10 Å². The van der Waals surface area contributed by atoms with Crippen LogP contribution in [0.1, 0.15) is 17.4 Å². The molecule has 1 aromatic rings. The van der Waals surface area contributed by atoms with Gasteiger partial charge in [0.25, 0.3) is 10.1 Å².